The van der Waals surface area contributed by atoms with Crippen LogP contribution in [-0.4, -0.2) is 37.1 Å². The van der Waals surface area contributed by atoms with Crippen LogP contribution in [-0.2, 0) is 0 Å². The van der Waals surface area contributed by atoms with Gasteiger partial charge < -0.3 is 4.90 Å². The molecular weight excluding hydrogens is 316 g/mol. The molecule has 1 atom stereocenters. The number of hydrogen-bond donors (Lipinski definition) is 0. The molecule has 1 aliphatic rings. The van der Waals surface area contributed by atoms with Gasteiger partial charge in [0.15, 0.2) is 0 Å². The topological polar surface area (TPSA) is 54.1 Å². The molecule has 0 bridgehead atoms. The van der Waals surface area contributed by atoms with Crippen molar-refractivity contribution in [2.45, 2.75) is 19.4 Å². The molecule has 1 unspecified atom stereocenters. The van der Waals surface area contributed by atoms with Gasteiger partial charge in [-0.3, -0.25) is 4.90 Å². The maximum Gasteiger partial charge on any atom is 0.101 e. The van der Waals surface area contributed by atoms with Crippen molar-refractivity contribution in [3.05, 3.63) is 28.2 Å². The lowest BCUT2D eigenvalue weighted by molar-refractivity contribution is 0.216. The number of benzene rings is 1. The Hall–Kier alpha value is -1.56. The van der Waals surface area contributed by atoms with Gasteiger partial charge in [0, 0.05) is 30.7 Å². The third-order valence-corrected chi connectivity index (χ3v) is 4.20. The van der Waals surface area contributed by atoms with E-state index in [1.807, 2.05) is 25.1 Å². The first-order chi connectivity index (χ1) is 9.69. The number of nitrogens with zero attached hydrogens (tertiary/aromatic N) is 4. The van der Waals surface area contributed by atoms with Crippen molar-refractivity contribution in [1.29, 1.82) is 10.5 Å². The van der Waals surface area contributed by atoms with Crippen LogP contribution in [0.25, 0.3) is 0 Å². The van der Waals surface area contributed by atoms with Crippen LogP contribution in [0.2, 0.25) is 0 Å². The Morgan fingerprint density at radius 2 is 1.95 bits per heavy atom. The fourth-order valence-corrected chi connectivity index (χ4v) is 2.92. The van der Waals surface area contributed by atoms with Crippen molar-refractivity contribution < 1.29 is 0 Å². The molecule has 0 N–H and O–H groups in total. The lowest BCUT2D eigenvalue weighted by atomic mass is 10.1. The lowest BCUT2D eigenvalue weighted by Gasteiger charge is -2.38. The molecule has 1 aliphatic heterocycles. The summed E-state index contributed by atoms with van der Waals surface area (Å²) in [6.07, 6.45) is 0.858. The van der Waals surface area contributed by atoms with E-state index in [0.717, 1.165) is 42.8 Å². The molecule has 4 nitrogen and oxygen atoms in total. The molecule has 1 fully saturated rings. The zero-order valence-corrected chi connectivity index (χ0v) is 13.1. The SMILES string of the molecule is CCC(C#N)N1CCN(c2cc(Br)ccc2C#N)CC1. The maximum absolute atomic E-state index is 9.21. The van der Waals surface area contributed by atoms with Gasteiger partial charge in [0.25, 0.3) is 0 Å². The van der Waals surface area contributed by atoms with Crippen molar-refractivity contribution >= 4 is 21.6 Å². The van der Waals surface area contributed by atoms with E-state index in [-0.39, 0.29) is 6.04 Å². The molecule has 20 heavy (non-hydrogen) atoms. The van der Waals surface area contributed by atoms with Gasteiger partial charge in [-0.05, 0) is 24.6 Å². The number of rotatable bonds is 3. The number of nitriles is 2. The Kier molecular flexibility index (Phi) is 5.00. The molecule has 0 saturated carbocycles. The van der Waals surface area contributed by atoms with Crippen LogP contribution in [0, 0.1) is 22.7 Å². The first kappa shape index (κ1) is 14.8. The first-order valence-corrected chi connectivity index (χ1v) is 7.57. The van der Waals surface area contributed by atoms with E-state index in [9.17, 15) is 5.26 Å². The second-order valence-corrected chi connectivity index (χ2v) is 5.77. The predicted molar refractivity (Wildman–Crippen MR) is 82.3 cm³/mol. The molecule has 104 valence electrons. The zero-order valence-electron chi connectivity index (χ0n) is 11.5. The van der Waals surface area contributed by atoms with Crippen LogP contribution in [0.15, 0.2) is 22.7 Å². The van der Waals surface area contributed by atoms with E-state index in [1.54, 1.807) is 0 Å². The second kappa shape index (κ2) is 6.74. The monoisotopic (exact) mass is 332 g/mol. The number of piperazine rings is 1. The molecule has 0 amide bonds. The molecular formula is C15H17BrN4. The minimum Gasteiger partial charge on any atom is -0.368 e. The van der Waals surface area contributed by atoms with Gasteiger partial charge in [0.2, 0.25) is 0 Å². The van der Waals surface area contributed by atoms with Crippen molar-refractivity contribution in [1.82, 2.24) is 4.90 Å². The van der Waals surface area contributed by atoms with Gasteiger partial charge in [-0.15, -0.1) is 0 Å². The minimum absolute atomic E-state index is 0.00935. The Labute approximate surface area is 128 Å². The Balaban J connectivity index is 2.10. The van der Waals surface area contributed by atoms with Gasteiger partial charge in [-0.25, -0.2) is 0 Å². The maximum atomic E-state index is 9.21. The smallest absolute Gasteiger partial charge is 0.101 e. The van der Waals surface area contributed by atoms with Gasteiger partial charge in [0.05, 0.1) is 23.4 Å². The molecule has 2 rings (SSSR count). The standard InChI is InChI=1S/C15H17BrN4/c1-2-14(11-18)19-5-7-20(8-6-19)15-9-13(16)4-3-12(15)10-17/h3-4,9,14H,2,5-8H2,1H3. The molecule has 0 spiro atoms. The second-order valence-electron chi connectivity index (χ2n) is 4.85. The molecule has 0 radical (unpaired) electrons. The minimum atomic E-state index is 0.00935. The van der Waals surface area contributed by atoms with Crippen molar-refractivity contribution in [3.63, 3.8) is 0 Å². The van der Waals surface area contributed by atoms with Gasteiger partial charge >= 0.3 is 0 Å². The number of hydrogen-bond acceptors (Lipinski definition) is 4. The fraction of sp³-hybridized carbons (Fsp3) is 0.467. The third kappa shape index (κ3) is 3.12. The molecule has 5 heteroatoms. The van der Waals surface area contributed by atoms with Crippen LogP contribution < -0.4 is 4.90 Å². The summed E-state index contributed by atoms with van der Waals surface area (Å²) in [7, 11) is 0. The third-order valence-electron chi connectivity index (χ3n) is 3.71. The average Bonchev–Trinajstić information content (AvgIpc) is 2.49. The summed E-state index contributed by atoms with van der Waals surface area (Å²) in [5.41, 5.74) is 1.68. The Bertz CT molecular complexity index is 550. The van der Waals surface area contributed by atoms with Crippen molar-refractivity contribution in [2.24, 2.45) is 0 Å². The van der Waals surface area contributed by atoms with E-state index in [0.29, 0.717) is 5.56 Å². The van der Waals surface area contributed by atoms with E-state index < -0.39 is 0 Å². The fourth-order valence-electron chi connectivity index (χ4n) is 2.57. The van der Waals surface area contributed by atoms with Crippen LogP contribution in [0.1, 0.15) is 18.9 Å². The van der Waals surface area contributed by atoms with Crippen LogP contribution in [0.4, 0.5) is 5.69 Å². The highest BCUT2D eigenvalue weighted by Gasteiger charge is 2.23. The normalized spacial score (nSPS) is 17.3. The molecule has 1 aromatic carbocycles. The van der Waals surface area contributed by atoms with Crippen LogP contribution >= 0.6 is 15.9 Å². The summed E-state index contributed by atoms with van der Waals surface area (Å²) in [4.78, 5) is 4.45. The van der Waals surface area contributed by atoms with Crippen molar-refractivity contribution in [2.75, 3.05) is 31.1 Å². The van der Waals surface area contributed by atoms with Gasteiger partial charge in [0.1, 0.15) is 6.07 Å². The van der Waals surface area contributed by atoms with E-state index >= 15 is 0 Å². The zero-order chi connectivity index (χ0) is 14.5. The summed E-state index contributed by atoms with van der Waals surface area (Å²) >= 11 is 3.46. The van der Waals surface area contributed by atoms with Crippen molar-refractivity contribution in [3.8, 4) is 12.1 Å². The molecule has 1 heterocycles. The largest absolute Gasteiger partial charge is 0.368 e. The lowest BCUT2D eigenvalue weighted by Crippen LogP contribution is -2.50. The van der Waals surface area contributed by atoms with E-state index in [4.69, 9.17) is 5.26 Å². The Morgan fingerprint density at radius 1 is 1.25 bits per heavy atom. The van der Waals surface area contributed by atoms with E-state index in [2.05, 4.69) is 37.9 Å². The summed E-state index contributed by atoms with van der Waals surface area (Å²) < 4.78 is 0.984. The molecule has 0 aromatic heterocycles. The quantitative estimate of drug-likeness (QED) is 0.853. The van der Waals surface area contributed by atoms with Gasteiger partial charge in [-0.2, -0.15) is 10.5 Å². The highest BCUT2D eigenvalue weighted by Crippen LogP contribution is 2.26. The summed E-state index contributed by atoms with van der Waals surface area (Å²) in [5, 5.41) is 18.3. The van der Waals surface area contributed by atoms with Crippen LogP contribution in [0.3, 0.4) is 0 Å². The highest BCUT2D eigenvalue weighted by atomic mass is 79.9. The van der Waals surface area contributed by atoms with E-state index in [1.165, 1.54) is 0 Å². The average molecular weight is 333 g/mol. The summed E-state index contributed by atoms with van der Waals surface area (Å²) in [5.74, 6) is 0. The summed E-state index contributed by atoms with van der Waals surface area (Å²) in [6, 6.07) is 10.3. The Morgan fingerprint density at radius 3 is 2.50 bits per heavy atom. The van der Waals surface area contributed by atoms with Gasteiger partial charge in [-0.1, -0.05) is 22.9 Å². The number of anilines is 1. The molecule has 0 aliphatic carbocycles. The summed E-state index contributed by atoms with van der Waals surface area (Å²) in [6.45, 7) is 5.47. The van der Waals surface area contributed by atoms with Crippen LogP contribution in [0.5, 0.6) is 0 Å². The highest BCUT2D eigenvalue weighted by molar-refractivity contribution is 9.10. The molecule has 1 aromatic rings. The predicted octanol–water partition coefficient (Wildman–Crippen LogP) is 2.74. The number of halogens is 1. The first-order valence-electron chi connectivity index (χ1n) is 6.77. The molecule has 1 saturated heterocycles.